The molecule has 134 valence electrons. The third-order valence-corrected chi connectivity index (χ3v) is 4.76. The molecular formula is C19H27N5O. The van der Waals surface area contributed by atoms with Crippen LogP contribution in [0.3, 0.4) is 0 Å². The second kappa shape index (κ2) is 7.78. The van der Waals surface area contributed by atoms with Gasteiger partial charge in [-0.2, -0.15) is 0 Å². The number of carbonyl (C=O) groups excluding carboxylic acids is 1. The van der Waals surface area contributed by atoms with Gasteiger partial charge in [-0.05, 0) is 58.2 Å². The van der Waals surface area contributed by atoms with Gasteiger partial charge in [0.05, 0.1) is 12.2 Å². The first-order valence-electron chi connectivity index (χ1n) is 9.02. The Kier molecular flexibility index (Phi) is 5.48. The van der Waals surface area contributed by atoms with Gasteiger partial charge in [-0.25, -0.2) is 4.68 Å². The zero-order valence-electron chi connectivity index (χ0n) is 15.0. The number of aromatic nitrogens is 3. The first-order chi connectivity index (χ1) is 12.0. The van der Waals surface area contributed by atoms with Crippen molar-refractivity contribution < 1.29 is 4.79 Å². The fourth-order valence-electron chi connectivity index (χ4n) is 3.17. The van der Waals surface area contributed by atoms with Crippen LogP contribution in [0, 0.1) is 0 Å². The third-order valence-electron chi connectivity index (χ3n) is 4.76. The van der Waals surface area contributed by atoms with Crippen LogP contribution in [-0.2, 0) is 6.42 Å². The van der Waals surface area contributed by atoms with Crippen LogP contribution < -0.4 is 10.6 Å². The number of nitrogens with one attached hydrogen (secondary N) is 2. The molecule has 6 nitrogen and oxygen atoms in total. The fraction of sp³-hybridized carbons (Fsp3) is 0.526. The van der Waals surface area contributed by atoms with Gasteiger partial charge in [0, 0.05) is 5.54 Å². The zero-order valence-corrected chi connectivity index (χ0v) is 15.0. The predicted octanol–water partition coefficient (Wildman–Crippen LogP) is 2.34. The van der Waals surface area contributed by atoms with E-state index in [9.17, 15) is 4.79 Å². The molecule has 0 unspecified atom stereocenters. The summed E-state index contributed by atoms with van der Waals surface area (Å²) in [6, 6.07) is 10.7. The van der Waals surface area contributed by atoms with Gasteiger partial charge in [0.2, 0.25) is 0 Å². The molecule has 0 aliphatic carbocycles. The molecule has 1 aromatic heterocycles. The van der Waals surface area contributed by atoms with Crippen LogP contribution in [0.1, 0.15) is 55.2 Å². The van der Waals surface area contributed by atoms with Crippen molar-refractivity contribution in [1.82, 2.24) is 25.6 Å². The molecule has 2 aromatic rings. The Morgan fingerprint density at radius 2 is 2.00 bits per heavy atom. The van der Waals surface area contributed by atoms with Crippen LogP contribution in [0.25, 0.3) is 0 Å². The minimum atomic E-state index is -0.300. The van der Waals surface area contributed by atoms with Gasteiger partial charge < -0.3 is 10.6 Å². The molecule has 0 radical (unpaired) electrons. The Labute approximate surface area is 149 Å². The maximum Gasteiger partial charge on any atom is 0.273 e. The van der Waals surface area contributed by atoms with Gasteiger partial charge in [0.15, 0.2) is 5.69 Å². The minimum Gasteiger partial charge on any atom is -0.346 e. The van der Waals surface area contributed by atoms with Crippen LogP contribution in [0.4, 0.5) is 0 Å². The normalized spacial score (nSPS) is 15.9. The summed E-state index contributed by atoms with van der Waals surface area (Å²) in [4.78, 5) is 12.5. The Morgan fingerprint density at radius 3 is 2.72 bits per heavy atom. The summed E-state index contributed by atoms with van der Waals surface area (Å²) in [5, 5.41) is 14.7. The largest absolute Gasteiger partial charge is 0.346 e. The van der Waals surface area contributed by atoms with Gasteiger partial charge in [0.1, 0.15) is 0 Å². The van der Waals surface area contributed by atoms with Crippen LogP contribution in [0.15, 0.2) is 36.5 Å². The number of aryl methyl sites for hydroxylation is 1. The lowest BCUT2D eigenvalue weighted by molar-refractivity contribution is 0.0904. The molecular weight excluding hydrogens is 314 g/mol. The highest BCUT2D eigenvalue weighted by Crippen LogP contribution is 2.18. The number of carbonyl (C=O) groups is 1. The summed E-state index contributed by atoms with van der Waals surface area (Å²) in [7, 11) is 0. The number of hydrogen-bond donors (Lipinski definition) is 2. The lowest BCUT2D eigenvalue weighted by Crippen LogP contribution is -2.43. The molecule has 1 aromatic carbocycles. The fourth-order valence-corrected chi connectivity index (χ4v) is 3.17. The average Bonchev–Trinajstić information content (AvgIpc) is 3.12. The molecule has 1 saturated heterocycles. The first kappa shape index (κ1) is 17.6. The van der Waals surface area contributed by atoms with E-state index < -0.39 is 0 Å². The predicted molar refractivity (Wildman–Crippen MR) is 97.5 cm³/mol. The first-order valence-corrected chi connectivity index (χ1v) is 9.02. The average molecular weight is 341 g/mol. The van der Waals surface area contributed by atoms with Gasteiger partial charge in [-0.3, -0.25) is 4.79 Å². The summed E-state index contributed by atoms with van der Waals surface area (Å²) in [6.07, 6.45) is 5.61. The van der Waals surface area contributed by atoms with E-state index in [0.717, 1.165) is 38.8 Å². The van der Waals surface area contributed by atoms with E-state index in [1.165, 1.54) is 5.56 Å². The van der Waals surface area contributed by atoms with Gasteiger partial charge in [0.25, 0.3) is 5.91 Å². The van der Waals surface area contributed by atoms with E-state index in [0.29, 0.717) is 11.7 Å². The molecule has 0 bridgehead atoms. The molecule has 1 fully saturated rings. The minimum absolute atomic E-state index is 0.154. The maximum atomic E-state index is 12.5. The Hall–Kier alpha value is -2.21. The SMILES string of the molecule is CC(C)(CCc1ccccc1)NC(=O)c1cn(C2CCNCC2)nn1. The number of rotatable bonds is 6. The van der Waals surface area contributed by atoms with Crippen molar-refractivity contribution in [3.63, 3.8) is 0 Å². The number of benzene rings is 1. The Balaban J connectivity index is 1.56. The van der Waals surface area contributed by atoms with Gasteiger partial charge >= 0.3 is 0 Å². The van der Waals surface area contributed by atoms with Crippen molar-refractivity contribution in [3.05, 3.63) is 47.8 Å². The van der Waals surface area contributed by atoms with E-state index >= 15 is 0 Å². The second-order valence-electron chi connectivity index (χ2n) is 7.39. The summed E-state index contributed by atoms with van der Waals surface area (Å²) in [5.74, 6) is -0.154. The van der Waals surface area contributed by atoms with Crippen molar-refractivity contribution >= 4 is 5.91 Å². The monoisotopic (exact) mass is 341 g/mol. The molecule has 2 heterocycles. The maximum absolute atomic E-state index is 12.5. The van der Waals surface area contributed by atoms with Gasteiger partial charge in [-0.1, -0.05) is 35.5 Å². The van der Waals surface area contributed by atoms with Crippen LogP contribution in [-0.4, -0.2) is 39.5 Å². The van der Waals surface area contributed by atoms with E-state index in [1.54, 1.807) is 6.20 Å². The van der Waals surface area contributed by atoms with E-state index in [-0.39, 0.29) is 11.4 Å². The van der Waals surface area contributed by atoms with Crippen LogP contribution in [0.5, 0.6) is 0 Å². The topological polar surface area (TPSA) is 71.8 Å². The summed E-state index contributed by atoms with van der Waals surface area (Å²) < 4.78 is 1.84. The zero-order chi connectivity index (χ0) is 17.7. The molecule has 25 heavy (non-hydrogen) atoms. The molecule has 1 aliphatic heterocycles. The molecule has 2 N–H and O–H groups in total. The molecule has 0 spiro atoms. The lowest BCUT2D eigenvalue weighted by Gasteiger charge is -2.26. The molecule has 3 rings (SSSR count). The van der Waals surface area contributed by atoms with Crippen molar-refractivity contribution in [2.24, 2.45) is 0 Å². The number of hydrogen-bond acceptors (Lipinski definition) is 4. The highest BCUT2D eigenvalue weighted by Gasteiger charge is 2.24. The molecule has 1 aliphatic rings. The highest BCUT2D eigenvalue weighted by molar-refractivity contribution is 5.92. The molecule has 0 saturated carbocycles. The highest BCUT2D eigenvalue weighted by atomic mass is 16.2. The quantitative estimate of drug-likeness (QED) is 0.846. The van der Waals surface area contributed by atoms with Crippen molar-refractivity contribution in [2.45, 2.75) is 51.1 Å². The second-order valence-corrected chi connectivity index (χ2v) is 7.39. The number of nitrogens with zero attached hydrogens (tertiary/aromatic N) is 3. The van der Waals surface area contributed by atoms with Gasteiger partial charge in [-0.15, -0.1) is 5.10 Å². The third kappa shape index (κ3) is 4.89. The van der Waals surface area contributed by atoms with Crippen molar-refractivity contribution in [3.8, 4) is 0 Å². The standard InChI is InChI=1S/C19H27N5O/c1-19(2,11-8-15-6-4-3-5-7-15)21-18(25)17-14-24(23-22-17)16-9-12-20-13-10-16/h3-7,14,16,20H,8-13H2,1-2H3,(H,21,25). The Morgan fingerprint density at radius 1 is 1.28 bits per heavy atom. The Bertz CT molecular complexity index is 689. The van der Waals surface area contributed by atoms with Crippen LogP contribution in [0.2, 0.25) is 0 Å². The van der Waals surface area contributed by atoms with Crippen molar-refractivity contribution in [2.75, 3.05) is 13.1 Å². The van der Waals surface area contributed by atoms with Crippen LogP contribution >= 0.6 is 0 Å². The van der Waals surface area contributed by atoms with E-state index in [4.69, 9.17) is 0 Å². The van der Waals surface area contributed by atoms with E-state index in [2.05, 4.69) is 33.1 Å². The van der Waals surface area contributed by atoms with E-state index in [1.807, 2.05) is 36.7 Å². The molecule has 0 atom stereocenters. The lowest BCUT2D eigenvalue weighted by atomic mass is 9.95. The summed E-state index contributed by atoms with van der Waals surface area (Å²) in [5.41, 5.74) is 1.37. The molecule has 1 amide bonds. The van der Waals surface area contributed by atoms with Crippen molar-refractivity contribution in [1.29, 1.82) is 0 Å². The number of piperidine rings is 1. The smallest absolute Gasteiger partial charge is 0.273 e. The summed E-state index contributed by atoms with van der Waals surface area (Å²) >= 11 is 0. The molecule has 6 heteroatoms. The number of amides is 1. The summed E-state index contributed by atoms with van der Waals surface area (Å²) in [6.45, 7) is 6.06.